The second-order valence-electron chi connectivity index (χ2n) is 6.88. The fourth-order valence-electron chi connectivity index (χ4n) is 3.14. The Labute approximate surface area is 185 Å². The molecule has 6 nitrogen and oxygen atoms in total. The van der Waals surface area contributed by atoms with Crippen LogP contribution in [0.5, 0.6) is 0 Å². The van der Waals surface area contributed by atoms with Gasteiger partial charge < -0.3 is 10.2 Å². The van der Waals surface area contributed by atoms with Crippen LogP contribution in [-0.2, 0) is 16.2 Å². The third-order valence-electron chi connectivity index (χ3n) is 4.69. The Bertz CT molecular complexity index is 1110. The molecule has 0 spiro atoms. The molecule has 1 atom stereocenters. The lowest BCUT2D eigenvalue weighted by molar-refractivity contribution is -0.125. The zero-order chi connectivity index (χ0) is 21.3. The molecule has 0 radical (unpaired) electrons. The molecule has 4 rings (SSSR count). The van der Waals surface area contributed by atoms with E-state index >= 15 is 0 Å². The van der Waals surface area contributed by atoms with Crippen molar-refractivity contribution in [2.24, 2.45) is 5.16 Å². The molecule has 0 fully saturated rings. The number of carbonyl (C=O) groups excluding carboxylic acids is 1. The van der Waals surface area contributed by atoms with Crippen LogP contribution in [0.2, 0.25) is 5.02 Å². The molecule has 9 heteroatoms. The zero-order valence-electron chi connectivity index (χ0n) is 15.9. The van der Waals surface area contributed by atoms with Crippen LogP contribution in [0.1, 0.15) is 23.2 Å². The number of rotatable bonds is 5. The Morgan fingerprint density at radius 3 is 2.83 bits per heavy atom. The van der Waals surface area contributed by atoms with E-state index in [0.717, 1.165) is 15.7 Å². The Morgan fingerprint density at radius 1 is 1.33 bits per heavy atom. The number of nitrogens with zero attached hydrogens (tertiary/aromatic N) is 3. The predicted octanol–water partition coefficient (Wildman–Crippen LogP) is 4.93. The molecule has 2 heterocycles. The lowest BCUT2D eigenvalue weighted by Crippen LogP contribution is -2.28. The van der Waals surface area contributed by atoms with Crippen molar-refractivity contribution in [2.75, 3.05) is 5.32 Å². The minimum atomic E-state index is -0.882. The summed E-state index contributed by atoms with van der Waals surface area (Å²) in [5, 5.41) is 11.3. The molecule has 0 aliphatic carbocycles. The summed E-state index contributed by atoms with van der Waals surface area (Å²) in [7, 11) is 0. The Balaban J connectivity index is 1.41. The number of aromatic nitrogens is 2. The number of carbonyl (C=O) groups is 1. The molecule has 1 N–H and O–H groups in total. The maximum Gasteiger partial charge on any atom is 0.269 e. The van der Waals surface area contributed by atoms with Gasteiger partial charge in [0.25, 0.3) is 5.91 Å². The van der Waals surface area contributed by atoms with Gasteiger partial charge in [0.05, 0.1) is 22.8 Å². The molecular weight excluding hydrogens is 475 g/mol. The van der Waals surface area contributed by atoms with Crippen molar-refractivity contribution in [2.45, 2.75) is 26.0 Å². The molecule has 0 saturated carbocycles. The molecule has 1 unspecified atom stereocenters. The summed E-state index contributed by atoms with van der Waals surface area (Å²) in [5.74, 6) is -0.502. The number of benzene rings is 2. The number of halogens is 3. The standard InChI is InChI=1S/C21H17BrClFN4O2/c1-12-9-19(26-28(12)11-13-5-7-14(22)8-6-13)25-21(29)18-10-17(27-30-18)20-15(23)3-2-4-16(20)24/h2-9,18H,10-11H2,1H3,(H,25,26,29). The minimum Gasteiger partial charge on any atom is -0.382 e. The molecule has 1 amide bonds. The number of hydrogen-bond acceptors (Lipinski definition) is 4. The molecule has 1 aromatic heterocycles. The van der Waals surface area contributed by atoms with Gasteiger partial charge in [0.2, 0.25) is 6.10 Å². The first-order valence-corrected chi connectivity index (χ1v) is 10.3. The highest BCUT2D eigenvalue weighted by Crippen LogP contribution is 2.26. The molecule has 0 bridgehead atoms. The van der Waals surface area contributed by atoms with Crippen molar-refractivity contribution in [3.8, 4) is 0 Å². The van der Waals surface area contributed by atoms with Gasteiger partial charge in [0.15, 0.2) is 5.82 Å². The van der Waals surface area contributed by atoms with E-state index in [1.165, 1.54) is 12.1 Å². The number of anilines is 1. The van der Waals surface area contributed by atoms with E-state index in [-0.39, 0.29) is 17.0 Å². The summed E-state index contributed by atoms with van der Waals surface area (Å²) < 4.78 is 16.9. The molecule has 154 valence electrons. The van der Waals surface area contributed by atoms with E-state index in [2.05, 4.69) is 31.5 Å². The predicted molar refractivity (Wildman–Crippen MR) is 116 cm³/mol. The average Bonchev–Trinajstić information content (AvgIpc) is 3.31. The summed E-state index contributed by atoms with van der Waals surface area (Å²) in [6, 6.07) is 14.1. The quantitative estimate of drug-likeness (QED) is 0.550. The van der Waals surface area contributed by atoms with Crippen LogP contribution in [0.3, 0.4) is 0 Å². The van der Waals surface area contributed by atoms with Crippen LogP contribution in [0.25, 0.3) is 0 Å². The lowest BCUT2D eigenvalue weighted by atomic mass is 10.0. The molecule has 30 heavy (non-hydrogen) atoms. The average molecular weight is 492 g/mol. The second kappa shape index (κ2) is 8.57. The molecule has 1 aliphatic heterocycles. The maximum atomic E-state index is 14.1. The Morgan fingerprint density at radius 2 is 2.10 bits per heavy atom. The van der Waals surface area contributed by atoms with Gasteiger partial charge in [-0.3, -0.25) is 9.48 Å². The first kappa shape index (κ1) is 20.6. The highest BCUT2D eigenvalue weighted by molar-refractivity contribution is 9.10. The Hall–Kier alpha value is -2.71. The number of nitrogens with one attached hydrogen (secondary N) is 1. The third kappa shape index (κ3) is 4.39. The number of amides is 1. The van der Waals surface area contributed by atoms with E-state index in [0.29, 0.717) is 18.1 Å². The zero-order valence-corrected chi connectivity index (χ0v) is 18.2. The van der Waals surface area contributed by atoms with Crippen LogP contribution < -0.4 is 5.32 Å². The van der Waals surface area contributed by atoms with Crippen molar-refractivity contribution in [1.29, 1.82) is 0 Å². The summed E-state index contributed by atoms with van der Waals surface area (Å²) in [4.78, 5) is 17.8. The molecule has 0 saturated heterocycles. The minimum absolute atomic E-state index is 0.116. The maximum absolute atomic E-state index is 14.1. The summed E-state index contributed by atoms with van der Waals surface area (Å²) in [5.41, 5.74) is 2.44. The van der Waals surface area contributed by atoms with Gasteiger partial charge in [-0.05, 0) is 36.8 Å². The molecule has 1 aliphatic rings. The Kier molecular flexibility index (Phi) is 5.87. The third-order valence-corrected chi connectivity index (χ3v) is 5.53. The second-order valence-corrected chi connectivity index (χ2v) is 8.20. The largest absolute Gasteiger partial charge is 0.382 e. The van der Waals surface area contributed by atoms with E-state index in [1.54, 1.807) is 16.8 Å². The van der Waals surface area contributed by atoms with Crippen molar-refractivity contribution in [3.05, 3.63) is 80.7 Å². The normalized spacial score (nSPS) is 15.6. The SMILES string of the molecule is Cc1cc(NC(=O)C2CC(c3c(F)cccc3Cl)=NO2)nn1Cc1ccc(Br)cc1. The van der Waals surface area contributed by atoms with Crippen LogP contribution in [-0.4, -0.2) is 27.5 Å². The first-order valence-electron chi connectivity index (χ1n) is 9.17. The fourth-order valence-corrected chi connectivity index (χ4v) is 3.68. The van der Waals surface area contributed by atoms with E-state index in [4.69, 9.17) is 16.4 Å². The van der Waals surface area contributed by atoms with Crippen molar-refractivity contribution in [3.63, 3.8) is 0 Å². The molecular formula is C21H17BrClFN4O2. The lowest BCUT2D eigenvalue weighted by Gasteiger charge is -2.08. The van der Waals surface area contributed by atoms with Gasteiger partial charge in [-0.15, -0.1) is 0 Å². The van der Waals surface area contributed by atoms with Gasteiger partial charge in [-0.25, -0.2) is 4.39 Å². The van der Waals surface area contributed by atoms with Gasteiger partial charge >= 0.3 is 0 Å². The molecule has 3 aromatic rings. The van der Waals surface area contributed by atoms with Crippen molar-refractivity contribution in [1.82, 2.24) is 9.78 Å². The highest BCUT2D eigenvalue weighted by atomic mass is 79.9. The smallest absolute Gasteiger partial charge is 0.269 e. The van der Waals surface area contributed by atoms with Crippen LogP contribution >= 0.6 is 27.5 Å². The highest BCUT2D eigenvalue weighted by Gasteiger charge is 2.31. The van der Waals surface area contributed by atoms with Crippen molar-refractivity contribution >= 4 is 45.0 Å². The van der Waals surface area contributed by atoms with Gasteiger partial charge in [0.1, 0.15) is 5.82 Å². The van der Waals surface area contributed by atoms with E-state index in [9.17, 15) is 9.18 Å². The monoisotopic (exact) mass is 490 g/mol. The van der Waals surface area contributed by atoms with Crippen LogP contribution in [0, 0.1) is 12.7 Å². The van der Waals surface area contributed by atoms with Crippen LogP contribution in [0.15, 0.2) is 58.2 Å². The number of oxime groups is 1. The van der Waals surface area contributed by atoms with Gasteiger partial charge in [-0.1, -0.05) is 50.9 Å². The molecule has 2 aromatic carbocycles. The summed E-state index contributed by atoms with van der Waals surface area (Å²) in [6.45, 7) is 2.49. The summed E-state index contributed by atoms with van der Waals surface area (Å²) in [6.07, 6.45) is -0.766. The van der Waals surface area contributed by atoms with Crippen molar-refractivity contribution < 1.29 is 14.0 Å². The fraction of sp³-hybridized carbons (Fsp3) is 0.190. The van der Waals surface area contributed by atoms with E-state index < -0.39 is 17.8 Å². The first-order chi connectivity index (χ1) is 14.4. The van der Waals surface area contributed by atoms with Gasteiger partial charge in [0, 0.05) is 22.7 Å². The van der Waals surface area contributed by atoms with E-state index in [1.807, 2.05) is 31.2 Å². The number of hydrogen-bond donors (Lipinski definition) is 1. The number of aryl methyl sites for hydroxylation is 1. The van der Waals surface area contributed by atoms with Gasteiger partial charge in [-0.2, -0.15) is 5.10 Å². The van der Waals surface area contributed by atoms with Crippen LogP contribution in [0.4, 0.5) is 10.2 Å². The summed E-state index contributed by atoms with van der Waals surface area (Å²) >= 11 is 9.49. The topological polar surface area (TPSA) is 68.5 Å².